The van der Waals surface area contributed by atoms with E-state index in [2.05, 4.69) is 14.9 Å². The van der Waals surface area contributed by atoms with Gasteiger partial charge in [-0.15, -0.1) is 0 Å². The Bertz CT molecular complexity index is 1150. The quantitative estimate of drug-likeness (QED) is 0.557. The molecule has 0 N–H and O–H groups in total. The Kier molecular flexibility index (Phi) is 5.92. The average molecular weight is 465 g/mol. The van der Waals surface area contributed by atoms with Crippen molar-refractivity contribution in [3.63, 3.8) is 0 Å². The molecule has 2 heterocycles. The first-order valence-corrected chi connectivity index (χ1v) is 11.6. The van der Waals surface area contributed by atoms with Gasteiger partial charge in [0.25, 0.3) is 0 Å². The fraction of sp³-hybridized carbons (Fsp3) is 0.238. The standard InChI is InChI=1S/C21H19ClF2N4O2S/c1-31(29,30)28(19-7-17(23)6-18(24)8-19)20-11-27(12-20)21(15-9-25-13-26-10-15)14-2-4-16(22)5-3-14/h2-10,13,20-21H,11-12H2,1H3. The first-order valence-electron chi connectivity index (χ1n) is 9.42. The minimum absolute atomic E-state index is 0.0317. The number of halogens is 3. The van der Waals surface area contributed by atoms with Gasteiger partial charge in [0.2, 0.25) is 10.0 Å². The zero-order chi connectivity index (χ0) is 22.2. The Balaban J connectivity index is 1.64. The fourth-order valence-electron chi connectivity index (χ4n) is 3.90. The second-order valence-corrected chi connectivity index (χ2v) is 9.72. The molecule has 2 aromatic carbocycles. The van der Waals surface area contributed by atoms with Gasteiger partial charge in [-0.2, -0.15) is 0 Å². The summed E-state index contributed by atoms with van der Waals surface area (Å²) in [6.45, 7) is 0.709. The van der Waals surface area contributed by atoms with Crippen LogP contribution in [0.3, 0.4) is 0 Å². The third-order valence-electron chi connectivity index (χ3n) is 5.13. The van der Waals surface area contributed by atoms with Gasteiger partial charge < -0.3 is 0 Å². The minimum Gasteiger partial charge on any atom is -0.288 e. The highest BCUT2D eigenvalue weighted by atomic mass is 35.5. The van der Waals surface area contributed by atoms with Gasteiger partial charge in [0.05, 0.1) is 24.0 Å². The molecule has 1 aliphatic heterocycles. The number of rotatable bonds is 6. The summed E-state index contributed by atoms with van der Waals surface area (Å²) < 4.78 is 53.5. The van der Waals surface area contributed by atoms with Crippen molar-refractivity contribution in [2.45, 2.75) is 12.1 Å². The van der Waals surface area contributed by atoms with Crippen LogP contribution in [0.1, 0.15) is 17.2 Å². The smallest absolute Gasteiger partial charge is 0.232 e. The fourth-order valence-corrected chi connectivity index (χ4v) is 5.19. The highest BCUT2D eigenvalue weighted by Crippen LogP contribution is 2.36. The Morgan fingerprint density at radius 1 is 1.03 bits per heavy atom. The molecule has 1 unspecified atom stereocenters. The van der Waals surface area contributed by atoms with Gasteiger partial charge in [0.15, 0.2) is 0 Å². The molecule has 1 fully saturated rings. The molecular weight excluding hydrogens is 446 g/mol. The first kappa shape index (κ1) is 21.6. The molecule has 3 aromatic rings. The van der Waals surface area contributed by atoms with E-state index in [-0.39, 0.29) is 11.7 Å². The van der Waals surface area contributed by atoms with E-state index in [1.54, 1.807) is 24.5 Å². The van der Waals surface area contributed by atoms with Gasteiger partial charge in [-0.05, 0) is 29.8 Å². The Hall–Kier alpha value is -2.62. The van der Waals surface area contributed by atoms with Crippen molar-refractivity contribution in [1.82, 2.24) is 14.9 Å². The van der Waals surface area contributed by atoms with E-state index >= 15 is 0 Å². The molecule has 4 rings (SSSR count). The van der Waals surface area contributed by atoms with Crippen LogP contribution in [-0.2, 0) is 10.0 Å². The average Bonchev–Trinajstić information content (AvgIpc) is 2.66. The maximum Gasteiger partial charge on any atom is 0.232 e. The van der Waals surface area contributed by atoms with Crippen LogP contribution in [-0.4, -0.2) is 48.7 Å². The van der Waals surface area contributed by atoms with Crippen molar-refractivity contribution in [2.75, 3.05) is 23.7 Å². The van der Waals surface area contributed by atoms with Crippen LogP contribution in [0.4, 0.5) is 14.5 Å². The minimum atomic E-state index is -3.76. The summed E-state index contributed by atoms with van der Waals surface area (Å²) in [5, 5.41) is 0.602. The molecule has 0 spiro atoms. The van der Waals surface area contributed by atoms with Gasteiger partial charge in [-0.25, -0.2) is 27.2 Å². The van der Waals surface area contributed by atoms with E-state index in [1.165, 1.54) is 6.33 Å². The first-order chi connectivity index (χ1) is 14.7. The molecule has 1 aliphatic rings. The van der Waals surface area contributed by atoms with E-state index in [1.807, 2.05) is 12.1 Å². The number of nitrogens with zero attached hydrogens (tertiary/aromatic N) is 4. The number of hydrogen-bond donors (Lipinski definition) is 0. The van der Waals surface area contributed by atoms with Crippen molar-refractivity contribution in [3.05, 3.63) is 89.0 Å². The van der Waals surface area contributed by atoms with Crippen LogP contribution in [0.5, 0.6) is 0 Å². The highest BCUT2D eigenvalue weighted by molar-refractivity contribution is 7.92. The van der Waals surface area contributed by atoms with Gasteiger partial charge in [0.1, 0.15) is 18.0 Å². The Morgan fingerprint density at radius 3 is 2.16 bits per heavy atom. The summed E-state index contributed by atoms with van der Waals surface area (Å²) in [6.07, 6.45) is 5.87. The van der Waals surface area contributed by atoms with Crippen molar-refractivity contribution < 1.29 is 17.2 Å². The molecular formula is C21H19ClF2N4O2S. The van der Waals surface area contributed by atoms with Crippen molar-refractivity contribution >= 4 is 27.3 Å². The molecule has 0 bridgehead atoms. The van der Waals surface area contributed by atoms with Crippen LogP contribution < -0.4 is 4.31 Å². The van der Waals surface area contributed by atoms with Crippen LogP contribution in [0.15, 0.2) is 61.2 Å². The Morgan fingerprint density at radius 2 is 1.61 bits per heavy atom. The van der Waals surface area contributed by atoms with E-state index in [9.17, 15) is 17.2 Å². The lowest BCUT2D eigenvalue weighted by Crippen LogP contribution is -2.61. The second kappa shape index (κ2) is 8.49. The van der Waals surface area contributed by atoms with Gasteiger partial charge >= 0.3 is 0 Å². The third kappa shape index (κ3) is 4.68. The highest BCUT2D eigenvalue weighted by Gasteiger charge is 2.41. The zero-order valence-corrected chi connectivity index (χ0v) is 18.1. The Labute approximate surface area is 184 Å². The summed E-state index contributed by atoms with van der Waals surface area (Å²) in [6, 6.07) is 9.40. The summed E-state index contributed by atoms with van der Waals surface area (Å²) >= 11 is 6.03. The molecule has 0 aliphatic carbocycles. The SMILES string of the molecule is CS(=O)(=O)N(c1cc(F)cc(F)c1)C1CN(C(c2ccc(Cl)cc2)c2cncnc2)C1. The normalized spacial score (nSPS) is 16.0. The van der Waals surface area contributed by atoms with Crippen molar-refractivity contribution in [1.29, 1.82) is 0 Å². The van der Waals surface area contributed by atoms with E-state index in [0.717, 1.165) is 33.8 Å². The molecule has 0 saturated carbocycles. The predicted molar refractivity (Wildman–Crippen MR) is 114 cm³/mol. The van der Waals surface area contributed by atoms with Crippen molar-refractivity contribution in [2.24, 2.45) is 0 Å². The maximum absolute atomic E-state index is 13.7. The summed E-state index contributed by atoms with van der Waals surface area (Å²) in [5.41, 5.74) is 1.75. The van der Waals surface area contributed by atoms with Crippen LogP contribution in [0.2, 0.25) is 5.02 Å². The number of aromatic nitrogens is 2. The van der Waals surface area contributed by atoms with Crippen LogP contribution in [0.25, 0.3) is 0 Å². The van der Waals surface area contributed by atoms with Gasteiger partial charge in [-0.1, -0.05) is 23.7 Å². The summed E-state index contributed by atoms with van der Waals surface area (Å²) in [4.78, 5) is 10.2. The topological polar surface area (TPSA) is 66.4 Å². The lowest BCUT2D eigenvalue weighted by Gasteiger charge is -2.48. The maximum atomic E-state index is 13.7. The van der Waals surface area contributed by atoms with E-state index in [0.29, 0.717) is 24.2 Å². The lowest BCUT2D eigenvalue weighted by molar-refractivity contribution is 0.116. The number of likely N-dealkylation sites (tertiary alicyclic amines) is 1. The number of hydrogen-bond acceptors (Lipinski definition) is 5. The second-order valence-electron chi connectivity index (χ2n) is 7.42. The molecule has 10 heteroatoms. The number of benzene rings is 2. The molecule has 0 radical (unpaired) electrons. The third-order valence-corrected chi connectivity index (χ3v) is 6.60. The number of anilines is 1. The van der Waals surface area contributed by atoms with Crippen LogP contribution in [0, 0.1) is 11.6 Å². The monoisotopic (exact) mass is 464 g/mol. The molecule has 0 amide bonds. The lowest BCUT2D eigenvalue weighted by atomic mass is 9.94. The molecule has 1 saturated heterocycles. The van der Waals surface area contributed by atoms with E-state index in [4.69, 9.17) is 11.6 Å². The van der Waals surface area contributed by atoms with Crippen molar-refractivity contribution in [3.8, 4) is 0 Å². The molecule has 1 atom stereocenters. The largest absolute Gasteiger partial charge is 0.288 e. The molecule has 6 nitrogen and oxygen atoms in total. The molecule has 162 valence electrons. The molecule has 31 heavy (non-hydrogen) atoms. The zero-order valence-electron chi connectivity index (χ0n) is 16.5. The molecule has 1 aromatic heterocycles. The number of sulfonamides is 1. The summed E-state index contributed by atoms with van der Waals surface area (Å²) in [7, 11) is -3.76. The summed E-state index contributed by atoms with van der Waals surface area (Å²) in [5.74, 6) is -1.67. The van der Waals surface area contributed by atoms with Gasteiger partial charge in [0, 0.05) is 42.1 Å². The van der Waals surface area contributed by atoms with E-state index < -0.39 is 27.7 Å². The van der Waals surface area contributed by atoms with Crippen LogP contribution >= 0.6 is 11.6 Å². The van der Waals surface area contributed by atoms with Gasteiger partial charge in [-0.3, -0.25) is 9.21 Å². The predicted octanol–water partition coefficient (Wildman–Crippen LogP) is 3.65.